The lowest BCUT2D eigenvalue weighted by Gasteiger charge is -2.62. The molecule has 0 amide bonds. The van der Waals surface area contributed by atoms with Gasteiger partial charge in [-0.3, -0.25) is 0 Å². The van der Waals surface area contributed by atoms with Gasteiger partial charge in [0.1, 0.15) is 12.9 Å². The summed E-state index contributed by atoms with van der Waals surface area (Å²) in [7, 11) is 1.48. The fraction of sp³-hybridized carbons (Fsp3) is 1.00. The summed E-state index contributed by atoms with van der Waals surface area (Å²) in [6, 6.07) is 0. The van der Waals surface area contributed by atoms with Gasteiger partial charge in [-0.15, -0.1) is 0 Å². The van der Waals surface area contributed by atoms with Crippen LogP contribution in [0.1, 0.15) is 86.0 Å². The summed E-state index contributed by atoms with van der Waals surface area (Å²) in [6.07, 6.45) is 5.64. The minimum atomic E-state index is -2.92. The van der Waals surface area contributed by atoms with Crippen molar-refractivity contribution >= 4 is 0 Å². The number of hydrogen-bond acceptors (Lipinski definition) is 4. The Morgan fingerprint density at radius 2 is 1.56 bits per heavy atom. The van der Waals surface area contributed by atoms with E-state index in [2.05, 4.69) is 13.8 Å². The second-order valence-corrected chi connectivity index (χ2v) is 13.1. The maximum Gasteiger partial charge on any atom is 0.276 e. The second kappa shape index (κ2) is 9.54. The van der Waals surface area contributed by atoms with Crippen molar-refractivity contribution in [2.24, 2.45) is 52.3 Å². The molecule has 0 saturated heterocycles. The van der Waals surface area contributed by atoms with E-state index in [-0.39, 0.29) is 47.6 Å². The highest BCUT2D eigenvalue weighted by atomic mass is 19.3. The van der Waals surface area contributed by atoms with Crippen LogP contribution in [0.25, 0.3) is 0 Å². The average molecular weight is 487 g/mol. The van der Waals surface area contributed by atoms with Gasteiger partial charge in [-0.2, -0.15) is 0 Å². The number of rotatable bonds is 7. The van der Waals surface area contributed by atoms with Crippen LogP contribution in [0.4, 0.5) is 8.78 Å². The Hall–Kier alpha value is -0.300. The average Bonchev–Trinajstić information content (AvgIpc) is 3.12. The Morgan fingerprint density at radius 3 is 2.21 bits per heavy atom. The molecule has 0 bridgehead atoms. The lowest BCUT2D eigenvalue weighted by atomic mass is 9.43. The van der Waals surface area contributed by atoms with Crippen LogP contribution in [0.2, 0.25) is 0 Å². The van der Waals surface area contributed by atoms with Gasteiger partial charge in [0.2, 0.25) is 0 Å². The smallest absolute Gasteiger partial charge is 0.276 e. The van der Waals surface area contributed by atoms with Crippen molar-refractivity contribution in [2.45, 2.75) is 110 Å². The molecule has 198 valence electrons. The van der Waals surface area contributed by atoms with Crippen molar-refractivity contribution in [2.75, 3.05) is 13.9 Å². The SMILES string of the molecule is COCO[C@H]([C@@H](C)[C@H]1CC[C@H]2[C@@H]3C[C@H](O)[C@@H]4C[C@H](O)CC[C@]4(C)[C@H]3CC[C@]12C)C(F)(F)C(C)C. The van der Waals surface area contributed by atoms with E-state index in [0.717, 1.165) is 44.9 Å². The number of aliphatic hydroxyl groups is 2. The number of hydrogen-bond donors (Lipinski definition) is 2. The molecule has 4 nitrogen and oxygen atoms in total. The van der Waals surface area contributed by atoms with Crippen molar-refractivity contribution in [1.29, 1.82) is 0 Å². The zero-order valence-electron chi connectivity index (χ0n) is 22.1. The maximum absolute atomic E-state index is 15.3. The molecule has 4 aliphatic rings. The van der Waals surface area contributed by atoms with Gasteiger partial charge in [0.15, 0.2) is 0 Å². The molecule has 11 atom stereocenters. The summed E-state index contributed by atoms with van der Waals surface area (Å²) in [5.74, 6) is -2.21. The van der Waals surface area contributed by atoms with E-state index in [1.54, 1.807) is 13.8 Å². The molecule has 0 unspecified atom stereocenters. The van der Waals surface area contributed by atoms with Crippen LogP contribution < -0.4 is 0 Å². The largest absolute Gasteiger partial charge is 0.393 e. The molecule has 4 saturated carbocycles. The number of ether oxygens (including phenoxy) is 2. The van der Waals surface area contributed by atoms with Crippen LogP contribution in [0.3, 0.4) is 0 Å². The predicted molar refractivity (Wildman–Crippen MR) is 128 cm³/mol. The van der Waals surface area contributed by atoms with Crippen LogP contribution >= 0.6 is 0 Å². The van der Waals surface area contributed by atoms with Crippen LogP contribution in [0.15, 0.2) is 0 Å². The fourth-order valence-electron chi connectivity index (χ4n) is 9.48. The summed E-state index contributed by atoms with van der Waals surface area (Å²) >= 11 is 0. The minimum Gasteiger partial charge on any atom is -0.393 e. The molecule has 0 aliphatic heterocycles. The van der Waals surface area contributed by atoms with Crippen molar-refractivity contribution in [3.8, 4) is 0 Å². The van der Waals surface area contributed by atoms with E-state index in [4.69, 9.17) is 9.47 Å². The molecule has 6 heteroatoms. The number of halogens is 2. The van der Waals surface area contributed by atoms with Gasteiger partial charge >= 0.3 is 0 Å². The van der Waals surface area contributed by atoms with Crippen LogP contribution in [0.5, 0.6) is 0 Å². The lowest BCUT2D eigenvalue weighted by molar-refractivity contribution is -0.223. The molecule has 2 N–H and O–H groups in total. The highest BCUT2D eigenvalue weighted by Gasteiger charge is 2.63. The van der Waals surface area contributed by atoms with Gasteiger partial charge in [-0.25, -0.2) is 8.78 Å². The van der Waals surface area contributed by atoms with E-state index in [0.29, 0.717) is 24.2 Å². The highest BCUT2D eigenvalue weighted by Crippen LogP contribution is 2.68. The molecular weight excluding hydrogens is 438 g/mol. The number of fused-ring (bicyclic) bond motifs is 5. The van der Waals surface area contributed by atoms with Gasteiger partial charge < -0.3 is 19.7 Å². The first-order valence-electron chi connectivity index (χ1n) is 13.7. The first kappa shape index (κ1) is 26.8. The Labute approximate surface area is 205 Å². The predicted octanol–water partition coefficient (Wildman–Crippen LogP) is 5.89. The van der Waals surface area contributed by atoms with E-state index in [1.807, 2.05) is 6.92 Å². The van der Waals surface area contributed by atoms with E-state index in [9.17, 15) is 10.2 Å². The zero-order chi connectivity index (χ0) is 25.1. The first-order valence-corrected chi connectivity index (χ1v) is 13.7. The molecule has 4 fully saturated rings. The molecule has 0 heterocycles. The molecule has 34 heavy (non-hydrogen) atoms. The maximum atomic E-state index is 15.3. The topological polar surface area (TPSA) is 58.9 Å². The Bertz CT molecular complexity index is 717. The fourth-order valence-corrected chi connectivity index (χ4v) is 9.48. The molecule has 0 aromatic carbocycles. The van der Waals surface area contributed by atoms with Gasteiger partial charge in [-0.05, 0) is 97.7 Å². The van der Waals surface area contributed by atoms with E-state index >= 15 is 8.78 Å². The Morgan fingerprint density at radius 1 is 0.912 bits per heavy atom. The van der Waals surface area contributed by atoms with Crippen LogP contribution in [0, 0.1) is 52.3 Å². The standard InChI is InChI=1S/C28H48F2O4/c1-16(2)28(29,30)25(34-15-33-6)17(3)20-7-8-21-19-14-24(32)23-13-18(31)9-11-27(23,5)22(19)10-12-26(20,21)4/h16-25,31-32H,7-15H2,1-6H3/t17-,18+,19-,20+,21-,22-,23-,24-,25+,26+,27+/m0/s1. The monoisotopic (exact) mass is 486 g/mol. The summed E-state index contributed by atoms with van der Waals surface area (Å²) in [4.78, 5) is 0. The summed E-state index contributed by atoms with van der Waals surface area (Å²) < 4.78 is 41.4. The zero-order valence-corrected chi connectivity index (χ0v) is 22.1. The first-order chi connectivity index (χ1) is 15.9. The van der Waals surface area contributed by atoms with Gasteiger partial charge in [0.05, 0.1) is 12.2 Å². The molecule has 0 radical (unpaired) electrons. The molecular formula is C28H48F2O4. The van der Waals surface area contributed by atoms with Crippen molar-refractivity contribution in [1.82, 2.24) is 0 Å². The van der Waals surface area contributed by atoms with E-state index in [1.165, 1.54) is 7.11 Å². The molecule has 4 aliphatic carbocycles. The third-order valence-electron chi connectivity index (χ3n) is 11.4. The third kappa shape index (κ3) is 4.16. The van der Waals surface area contributed by atoms with Crippen molar-refractivity contribution in [3.05, 3.63) is 0 Å². The van der Waals surface area contributed by atoms with Gasteiger partial charge in [0, 0.05) is 13.0 Å². The van der Waals surface area contributed by atoms with Crippen LogP contribution in [-0.4, -0.2) is 48.4 Å². The van der Waals surface area contributed by atoms with Gasteiger partial charge in [0.25, 0.3) is 5.92 Å². The third-order valence-corrected chi connectivity index (χ3v) is 11.4. The minimum absolute atomic E-state index is 0.0145. The number of alkyl halides is 2. The quantitative estimate of drug-likeness (QED) is 0.440. The molecule has 0 aromatic heterocycles. The molecule has 0 spiro atoms. The van der Waals surface area contributed by atoms with Crippen molar-refractivity contribution < 1.29 is 28.5 Å². The molecule has 0 aromatic rings. The second-order valence-electron chi connectivity index (χ2n) is 13.1. The van der Waals surface area contributed by atoms with Gasteiger partial charge in [-0.1, -0.05) is 34.6 Å². The molecule has 4 rings (SSSR count). The summed E-state index contributed by atoms with van der Waals surface area (Å²) in [5, 5.41) is 21.5. The summed E-state index contributed by atoms with van der Waals surface area (Å²) in [5.41, 5.74) is 0.0564. The highest BCUT2D eigenvalue weighted by molar-refractivity contribution is 5.12. The van der Waals surface area contributed by atoms with Crippen LogP contribution in [-0.2, 0) is 9.47 Å². The number of methoxy groups -OCH3 is 1. The Balaban J connectivity index is 1.58. The van der Waals surface area contributed by atoms with E-state index < -0.39 is 17.9 Å². The number of aliphatic hydroxyl groups excluding tert-OH is 2. The lowest BCUT2D eigenvalue weighted by Crippen LogP contribution is -2.58. The normalized spacial score (nSPS) is 46.5. The Kier molecular flexibility index (Phi) is 7.50. The summed E-state index contributed by atoms with van der Waals surface area (Å²) in [6.45, 7) is 9.69. The van der Waals surface area contributed by atoms with Crippen molar-refractivity contribution in [3.63, 3.8) is 0 Å².